The largest absolute Gasteiger partial charge is 0.463 e. The predicted molar refractivity (Wildman–Crippen MR) is 71.8 cm³/mol. The van der Waals surface area contributed by atoms with Crippen molar-refractivity contribution in [1.29, 1.82) is 5.26 Å². The maximum Gasteiger partial charge on any atom is 0.275 e. The molecule has 0 aromatic carbocycles. The van der Waals surface area contributed by atoms with Gasteiger partial charge in [-0.05, 0) is 12.1 Å². The number of furan rings is 1. The van der Waals surface area contributed by atoms with Crippen LogP contribution >= 0.6 is 0 Å². The van der Waals surface area contributed by atoms with Crippen LogP contribution in [0.5, 0.6) is 0 Å². The molecule has 0 saturated carbocycles. The first-order chi connectivity index (χ1) is 9.77. The van der Waals surface area contributed by atoms with E-state index in [1.165, 1.54) is 12.6 Å². The van der Waals surface area contributed by atoms with E-state index in [9.17, 15) is 10.1 Å². The first kappa shape index (κ1) is 12.2. The normalized spacial score (nSPS) is 10.8. The molecule has 0 aliphatic rings. The van der Waals surface area contributed by atoms with E-state index in [1.54, 1.807) is 16.7 Å². The Kier molecular flexibility index (Phi) is 2.85. The molecular weight excluding hydrogens is 258 g/mol. The van der Waals surface area contributed by atoms with E-state index in [1.807, 2.05) is 0 Å². The molecule has 0 radical (unpaired) electrons. The molecule has 0 aliphatic carbocycles. The fourth-order valence-electron chi connectivity index (χ4n) is 2.31. The van der Waals surface area contributed by atoms with Crippen molar-refractivity contribution in [2.45, 2.75) is 6.54 Å². The Morgan fingerprint density at radius 1 is 1.55 bits per heavy atom. The third-order valence-corrected chi connectivity index (χ3v) is 3.06. The van der Waals surface area contributed by atoms with Gasteiger partial charge in [0.05, 0.1) is 12.6 Å². The van der Waals surface area contributed by atoms with Crippen molar-refractivity contribution in [3.8, 4) is 17.5 Å². The first-order valence-electron chi connectivity index (χ1n) is 6.02. The molecule has 7 heteroatoms. The summed E-state index contributed by atoms with van der Waals surface area (Å²) in [6.45, 7) is 0.722. The standard InChI is InChI=1S/C13H11N5O2/c14-3-4-18-11(9-2-1-5-20-9)8(6-15)10-12(18)13(19)17-7-16-10/h1-2,5,7H,3-4,14H2,(H,16,17,19). The quantitative estimate of drug-likeness (QED) is 0.730. The lowest BCUT2D eigenvalue weighted by Gasteiger charge is -2.06. The van der Waals surface area contributed by atoms with Crippen molar-refractivity contribution in [1.82, 2.24) is 14.5 Å². The van der Waals surface area contributed by atoms with Crippen molar-refractivity contribution in [3.05, 3.63) is 40.6 Å². The lowest BCUT2D eigenvalue weighted by atomic mass is 10.2. The lowest BCUT2D eigenvalue weighted by molar-refractivity contribution is 0.573. The Morgan fingerprint density at radius 2 is 2.40 bits per heavy atom. The molecule has 3 N–H and O–H groups in total. The minimum absolute atomic E-state index is 0.308. The van der Waals surface area contributed by atoms with Crippen molar-refractivity contribution < 1.29 is 4.42 Å². The number of H-pyrrole nitrogens is 1. The average Bonchev–Trinajstić information content (AvgIpc) is 3.05. The highest BCUT2D eigenvalue weighted by Crippen LogP contribution is 2.30. The van der Waals surface area contributed by atoms with E-state index in [-0.39, 0.29) is 5.56 Å². The highest BCUT2D eigenvalue weighted by molar-refractivity contribution is 5.90. The van der Waals surface area contributed by atoms with Crippen LogP contribution in [0.15, 0.2) is 33.9 Å². The zero-order valence-corrected chi connectivity index (χ0v) is 10.5. The van der Waals surface area contributed by atoms with E-state index in [2.05, 4.69) is 16.0 Å². The molecule has 0 amide bonds. The van der Waals surface area contributed by atoms with Gasteiger partial charge in [0.1, 0.15) is 28.4 Å². The number of hydrogen-bond donors (Lipinski definition) is 2. The maximum atomic E-state index is 12.0. The van der Waals surface area contributed by atoms with Crippen LogP contribution in [0.4, 0.5) is 0 Å². The zero-order valence-electron chi connectivity index (χ0n) is 10.5. The van der Waals surface area contributed by atoms with Gasteiger partial charge < -0.3 is 19.7 Å². The molecular formula is C13H11N5O2. The van der Waals surface area contributed by atoms with Gasteiger partial charge in [0.25, 0.3) is 5.56 Å². The molecule has 0 bridgehead atoms. The number of aromatic amines is 1. The van der Waals surface area contributed by atoms with Crippen molar-refractivity contribution >= 4 is 11.0 Å². The molecule has 0 saturated heterocycles. The molecule has 0 spiro atoms. The summed E-state index contributed by atoms with van der Waals surface area (Å²) < 4.78 is 7.04. The number of nitrogens with two attached hydrogens (primary N) is 1. The van der Waals surface area contributed by atoms with Crippen LogP contribution in [-0.4, -0.2) is 21.1 Å². The summed E-state index contributed by atoms with van der Waals surface area (Å²) in [7, 11) is 0. The molecule has 3 rings (SSSR count). The smallest absolute Gasteiger partial charge is 0.275 e. The van der Waals surface area contributed by atoms with Crippen molar-refractivity contribution in [2.24, 2.45) is 5.73 Å². The lowest BCUT2D eigenvalue weighted by Crippen LogP contribution is -2.16. The number of hydrogen-bond acceptors (Lipinski definition) is 5. The minimum atomic E-state index is -0.308. The second-order valence-corrected chi connectivity index (χ2v) is 4.18. The van der Waals surface area contributed by atoms with E-state index in [4.69, 9.17) is 10.2 Å². The van der Waals surface area contributed by atoms with E-state index < -0.39 is 0 Å². The maximum absolute atomic E-state index is 12.0. The van der Waals surface area contributed by atoms with Gasteiger partial charge in [0, 0.05) is 13.1 Å². The number of nitriles is 1. The van der Waals surface area contributed by atoms with Crippen LogP contribution in [-0.2, 0) is 6.54 Å². The molecule has 3 aromatic heterocycles. The van der Waals surface area contributed by atoms with E-state index >= 15 is 0 Å². The van der Waals surface area contributed by atoms with Gasteiger partial charge in [-0.3, -0.25) is 4.79 Å². The van der Waals surface area contributed by atoms with Gasteiger partial charge in [0.15, 0.2) is 5.76 Å². The second-order valence-electron chi connectivity index (χ2n) is 4.18. The summed E-state index contributed by atoms with van der Waals surface area (Å²) in [5.41, 5.74) is 6.84. The van der Waals surface area contributed by atoms with Crippen molar-refractivity contribution in [2.75, 3.05) is 6.54 Å². The summed E-state index contributed by atoms with van der Waals surface area (Å²) in [5.74, 6) is 0.507. The molecule has 0 aliphatic heterocycles. The third kappa shape index (κ3) is 1.63. The fourth-order valence-corrected chi connectivity index (χ4v) is 2.31. The summed E-state index contributed by atoms with van der Waals surface area (Å²) in [6, 6.07) is 5.55. The van der Waals surface area contributed by atoms with Gasteiger partial charge in [-0.1, -0.05) is 0 Å². The highest BCUT2D eigenvalue weighted by Gasteiger charge is 2.22. The SMILES string of the molecule is N#Cc1c(-c2ccco2)n(CCN)c2c(=O)[nH]cnc12. The Morgan fingerprint density at radius 3 is 3.05 bits per heavy atom. The van der Waals surface area contributed by atoms with Gasteiger partial charge in [-0.2, -0.15) is 5.26 Å². The molecule has 20 heavy (non-hydrogen) atoms. The Labute approximate surface area is 113 Å². The number of nitrogens with one attached hydrogen (secondary N) is 1. The second kappa shape index (κ2) is 4.68. The van der Waals surface area contributed by atoms with Crippen molar-refractivity contribution in [3.63, 3.8) is 0 Å². The van der Waals surface area contributed by atoms with E-state index in [0.29, 0.717) is 41.1 Å². The van der Waals surface area contributed by atoms with Gasteiger partial charge in [-0.25, -0.2) is 4.98 Å². The first-order valence-corrected chi connectivity index (χ1v) is 6.02. The minimum Gasteiger partial charge on any atom is -0.463 e. The Hall–Kier alpha value is -2.85. The molecule has 7 nitrogen and oxygen atoms in total. The Bertz CT molecular complexity index is 851. The number of fused-ring (bicyclic) bond motifs is 1. The molecule has 0 fully saturated rings. The third-order valence-electron chi connectivity index (χ3n) is 3.06. The van der Waals surface area contributed by atoms with Crippen LogP contribution < -0.4 is 11.3 Å². The summed E-state index contributed by atoms with van der Waals surface area (Å²) in [4.78, 5) is 18.6. The van der Waals surface area contributed by atoms with E-state index in [0.717, 1.165) is 0 Å². The average molecular weight is 269 g/mol. The van der Waals surface area contributed by atoms with Gasteiger partial charge >= 0.3 is 0 Å². The summed E-state index contributed by atoms with van der Waals surface area (Å²) in [5, 5.41) is 9.40. The van der Waals surface area contributed by atoms with Gasteiger partial charge in [-0.15, -0.1) is 0 Å². The number of aromatic nitrogens is 3. The Balaban J connectivity index is 2.49. The van der Waals surface area contributed by atoms with Crippen LogP contribution in [0, 0.1) is 11.3 Å². The summed E-state index contributed by atoms with van der Waals surface area (Å²) >= 11 is 0. The zero-order chi connectivity index (χ0) is 14.1. The van der Waals surface area contributed by atoms with Crippen LogP contribution in [0.1, 0.15) is 5.56 Å². The molecule has 0 atom stereocenters. The van der Waals surface area contributed by atoms with Crippen LogP contribution in [0.2, 0.25) is 0 Å². The summed E-state index contributed by atoms with van der Waals surface area (Å²) in [6.07, 6.45) is 2.79. The van der Waals surface area contributed by atoms with Crippen LogP contribution in [0.25, 0.3) is 22.5 Å². The molecule has 3 aromatic rings. The number of rotatable bonds is 3. The topological polar surface area (TPSA) is 114 Å². The molecule has 3 heterocycles. The number of nitrogens with zero attached hydrogens (tertiary/aromatic N) is 3. The van der Waals surface area contributed by atoms with Gasteiger partial charge in [0.2, 0.25) is 0 Å². The molecule has 100 valence electrons. The van der Waals surface area contributed by atoms with Crippen LogP contribution in [0.3, 0.4) is 0 Å². The molecule has 0 unspecified atom stereocenters. The highest BCUT2D eigenvalue weighted by atomic mass is 16.3. The predicted octanol–water partition coefficient (Wildman–Crippen LogP) is 0.815. The monoisotopic (exact) mass is 269 g/mol. The fraction of sp³-hybridized carbons (Fsp3) is 0.154.